The molecule has 12 heavy (non-hydrogen) atoms. The first-order valence-corrected chi connectivity index (χ1v) is 3.69. The zero-order chi connectivity index (χ0) is 9.14. The molecule has 0 saturated heterocycles. The maximum atomic E-state index is 10.5. The van der Waals surface area contributed by atoms with Gasteiger partial charge in [-0.15, -0.1) is 9.78 Å². The lowest BCUT2D eigenvalue weighted by Gasteiger charge is -1.94. The summed E-state index contributed by atoms with van der Waals surface area (Å²) >= 11 is 0. The molecule has 0 atom stereocenters. The van der Waals surface area contributed by atoms with E-state index in [1.54, 1.807) is 0 Å². The van der Waals surface area contributed by atoms with E-state index in [1.165, 1.54) is 11.7 Å². The van der Waals surface area contributed by atoms with Crippen LogP contribution in [0.4, 0.5) is 5.82 Å². The molecule has 0 amide bonds. The van der Waals surface area contributed by atoms with E-state index in [1.807, 2.05) is 6.92 Å². The zero-order valence-corrected chi connectivity index (χ0v) is 7.02. The molecule has 0 N–H and O–H groups in total. The quantitative estimate of drug-likeness (QED) is 0.493. The van der Waals surface area contributed by atoms with Gasteiger partial charge in [-0.2, -0.15) is 0 Å². The van der Waals surface area contributed by atoms with E-state index in [0.29, 0.717) is 12.1 Å². The maximum absolute atomic E-state index is 10.5. The molecule has 1 heterocycles. The minimum Gasteiger partial charge on any atom is -0.358 e. The van der Waals surface area contributed by atoms with Crippen molar-refractivity contribution in [2.24, 2.45) is 7.05 Å². The Morgan fingerprint density at radius 1 is 1.67 bits per heavy atom. The highest BCUT2D eigenvalue weighted by molar-refractivity contribution is 5.24. The molecule has 0 aliphatic carbocycles. The second kappa shape index (κ2) is 3.29. The highest BCUT2D eigenvalue weighted by Gasteiger charge is 2.19. The van der Waals surface area contributed by atoms with Gasteiger partial charge in [0.05, 0.1) is 0 Å². The van der Waals surface area contributed by atoms with E-state index in [4.69, 9.17) is 0 Å². The van der Waals surface area contributed by atoms with Crippen molar-refractivity contribution in [3.05, 3.63) is 15.8 Å². The first-order valence-electron chi connectivity index (χ1n) is 3.69. The van der Waals surface area contributed by atoms with E-state index in [0.717, 1.165) is 6.42 Å². The first-order chi connectivity index (χ1) is 5.66. The molecule has 0 unspecified atom stereocenters. The summed E-state index contributed by atoms with van der Waals surface area (Å²) in [7, 11) is 1.52. The van der Waals surface area contributed by atoms with Crippen LogP contribution in [0.1, 0.15) is 19.0 Å². The number of nitrogens with zero attached hydrogens (tertiary/aromatic N) is 4. The average Bonchev–Trinajstić information content (AvgIpc) is 2.32. The summed E-state index contributed by atoms with van der Waals surface area (Å²) in [6.45, 7) is 1.94. The van der Waals surface area contributed by atoms with Crippen LogP contribution in [0.5, 0.6) is 0 Å². The standard InChI is InChI=1S/C6H10N4O2/c1-3-4-5-6(10(11)12)9(2)8-7-5/h3-4H2,1-2H3. The third-order valence-electron chi connectivity index (χ3n) is 1.52. The summed E-state index contributed by atoms with van der Waals surface area (Å²) in [5.74, 6) is -0.00292. The number of aryl methyl sites for hydroxylation is 2. The third-order valence-corrected chi connectivity index (χ3v) is 1.52. The molecule has 6 nitrogen and oxygen atoms in total. The molecule has 0 spiro atoms. The Morgan fingerprint density at radius 3 is 2.83 bits per heavy atom. The fourth-order valence-electron chi connectivity index (χ4n) is 1.02. The molecule has 1 aromatic rings. The van der Waals surface area contributed by atoms with Gasteiger partial charge in [0.2, 0.25) is 0 Å². The van der Waals surface area contributed by atoms with Crippen molar-refractivity contribution in [3.8, 4) is 0 Å². The summed E-state index contributed by atoms with van der Waals surface area (Å²) in [6.07, 6.45) is 1.43. The fraction of sp³-hybridized carbons (Fsp3) is 0.667. The summed E-state index contributed by atoms with van der Waals surface area (Å²) in [5, 5.41) is 17.8. The van der Waals surface area contributed by atoms with E-state index in [2.05, 4.69) is 10.3 Å². The molecular weight excluding hydrogens is 160 g/mol. The predicted octanol–water partition coefficient (Wildman–Crippen LogP) is 0.676. The van der Waals surface area contributed by atoms with E-state index >= 15 is 0 Å². The second-order valence-electron chi connectivity index (χ2n) is 2.49. The number of nitro groups is 1. The minimum absolute atomic E-state index is 0.00292. The van der Waals surface area contributed by atoms with Gasteiger partial charge >= 0.3 is 5.82 Å². The minimum atomic E-state index is -0.453. The van der Waals surface area contributed by atoms with Gasteiger partial charge in [0, 0.05) is 5.21 Å². The Balaban J connectivity index is 3.04. The molecule has 0 aliphatic rings. The van der Waals surface area contributed by atoms with Crippen LogP contribution in [0.2, 0.25) is 0 Å². The van der Waals surface area contributed by atoms with Crippen LogP contribution in [0.25, 0.3) is 0 Å². The van der Waals surface area contributed by atoms with Gasteiger partial charge in [0.15, 0.2) is 5.69 Å². The molecule has 66 valence electrons. The average molecular weight is 170 g/mol. The molecule has 0 aliphatic heterocycles. The van der Waals surface area contributed by atoms with Crippen LogP contribution in [-0.4, -0.2) is 19.9 Å². The summed E-state index contributed by atoms with van der Waals surface area (Å²) in [4.78, 5) is 10.0. The van der Waals surface area contributed by atoms with Crippen LogP contribution in [-0.2, 0) is 13.5 Å². The topological polar surface area (TPSA) is 73.8 Å². The predicted molar refractivity (Wildman–Crippen MR) is 41.7 cm³/mol. The van der Waals surface area contributed by atoms with Gasteiger partial charge < -0.3 is 10.1 Å². The Hall–Kier alpha value is -1.46. The van der Waals surface area contributed by atoms with Gasteiger partial charge in [-0.05, 0) is 11.3 Å². The third kappa shape index (κ3) is 1.41. The highest BCUT2D eigenvalue weighted by Crippen LogP contribution is 2.14. The van der Waals surface area contributed by atoms with Gasteiger partial charge in [0.1, 0.15) is 7.05 Å². The Labute approximate surface area is 69.3 Å². The lowest BCUT2D eigenvalue weighted by molar-refractivity contribution is -0.393. The van der Waals surface area contributed by atoms with E-state index in [9.17, 15) is 10.1 Å². The fourth-order valence-corrected chi connectivity index (χ4v) is 1.02. The molecular formula is C6H10N4O2. The van der Waals surface area contributed by atoms with Gasteiger partial charge in [-0.3, -0.25) is 0 Å². The van der Waals surface area contributed by atoms with Crippen molar-refractivity contribution < 1.29 is 4.92 Å². The maximum Gasteiger partial charge on any atom is 0.368 e. The van der Waals surface area contributed by atoms with Crippen LogP contribution < -0.4 is 0 Å². The molecule has 0 aromatic carbocycles. The normalized spacial score (nSPS) is 10.2. The number of hydrogen-bond donors (Lipinski definition) is 0. The van der Waals surface area contributed by atoms with Gasteiger partial charge in [0.25, 0.3) is 0 Å². The Morgan fingerprint density at radius 2 is 2.33 bits per heavy atom. The Kier molecular flexibility index (Phi) is 2.37. The van der Waals surface area contributed by atoms with Crippen molar-refractivity contribution in [2.75, 3.05) is 0 Å². The lowest BCUT2D eigenvalue weighted by atomic mass is 10.2. The van der Waals surface area contributed by atoms with Crippen molar-refractivity contribution in [2.45, 2.75) is 19.8 Å². The molecule has 0 saturated carbocycles. The molecule has 1 rings (SSSR count). The lowest BCUT2D eigenvalue weighted by Crippen LogP contribution is -2.00. The summed E-state index contributed by atoms with van der Waals surface area (Å²) in [6, 6.07) is 0. The van der Waals surface area contributed by atoms with E-state index < -0.39 is 4.92 Å². The van der Waals surface area contributed by atoms with Crippen LogP contribution in [0.15, 0.2) is 0 Å². The smallest absolute Gasteiger partial charge is 0.358 e. The SMILES string of the molecule is CCCc1nnn(C)c1[N+](=O)[O-]. The van der Waals surface area contributed by atoms with Crippen LogP contribution in [0.3, 0.4) is 0 Å². The van der Waals surface area contributed by atoms with E-state index in [-0.39, 0.29) is 5.82 Å². The second-order valence-corrected chi connectivity index (χ2v) is 2.49. The highest BCUT2D eigenvalue weighted by atomic mass is 16.6. The Bertz CT molecular complexity index is 294. The molecule has 0 bridgehead atoms. The first kappa shape index (κ1) is 8.63. The van der Waals surface area contributed by atoms with Gasteiger partial charge in [-0.1, -0.05) is 13.3 Å². The number of hydrogen-bond acceptors (Lipinski definition) is 4. The molecule has 0 radical (unpaired) electrons. The zero-order valence-electron chi connectivity index (χ0n) is 7.02. The number of rotatable bonds is 3. The van der Waals surface area contributed by atoms with Crippen molar-refractivity contribution in [3.63, 3.8) is 0 Å². The summed E-state index contributed by atoms with van der Waals surface area (Å²) < 4.78 is 1.19. The van der Waals surface area contributed by atoms with Crippen molar-refractivity contribution in [1.82, 2.24) is 15.0 Å². The molecule has 1 aromatic heterocycles. The largest absolute Gasteiger partial charge is 0.368 e. The number of aromatic nitrogens is 3. The summed E-state index contributed by atoms with van der Waals surface area (Å²) in [5.41, 5.74) is 0.463. The monoisotopic (exact) mass is 170 g/mol. The van der Waals surface area contributed by atoms with Crippen molar-refractivity contribution in [1.29, 1.82) is 0 Å². The van der Waals surface area contributed by atoms with Gasteiger partial charge in [-0.25, -0.2) is 0 Å². The van der Waals surface area contributed by atoms with Crippen molar-refractivity contribution >= 4 is 5.82 Å². The molecule has 0 fully saturated rings. The van der Waals surface area contributed by atoms with Crippen LogP contribution >= 0.6 is 0 Å². The molecule has 6 heteroatoms. The van der Waals surface area contributed by atoms with Crippen LogP contribution in [0, 0.1) is 10.1 Å².